The molecular formula is C11H10ClF4N3. The summed E-state index contributed by atoms with van der Waals surface area (Å²) in [5.74, 6) is -5.53. The quantitative estimate of drug-likeness (QED) is 0.636. The van der Waals surface area contributed by atoms with E-state index in [1.807, 2.05) is 13.8 Å². The molecule has 0 bridgehead atoms. The van der Waals surface area contributed by atoms with Crippen molar-refractivity contribution in [3.63, 3.8) is 0 Å². The summed E-state index contributed by atoms with van der Waals surface area (Å²) in [5.41, 5.74) is 0.781. The van der Waals surface area contributed by atoms with Gasteiger partial charge in [-0.1, -0.05) is 25.4 Å². The molecule has 0 aliphatic carbocycles. The SMILES string of the molecule is CC(C)c1cc(Cl)n2nc(C(F)(F)C(F)F)nc2c1. The number of halogens is 5. The van der Waals surface area contributed by atoms with E-state index in [0.29, 0.717) is 0 Å². The number of fused-ring (bicyclic) bond motifs is 1. The Morgan fingerprint density at radius 3 is 2.42 bits per heavy atom. The topological polar surface area (TPSA) is 30.2 Å². The maximum Gasteiger partial charge on any atom is 0.367 e. The fourth-order valence-electron chi connectivity index (χ4n) is 1.54. The maximum atomic E-state index is 13.2. The Kier molecular flexibility index (Phi) is 3.42. The van der Waals surface area contributed by atoms with Gasteiger partial charge in [-0.05, 0) is 23.6 Å². The summed E-state index contributed by atoms with van der Waals surface area (Å²) in [6.45, 7) is 3.76. The molecule has 0 aromatic carbocycles. The summed E-state index contributed by atoms with van der Waals surface area (Å²) in [4.78, 5) is 3.45. The van der Waals surface area contributed by atoms with Crippen LogP contribution < -0.4 is 0 Å². The summed E-state index contributed by atoms with van der Waals surface area (Å²) in [5, 5.41) is 3.40. The number of hydrogen-bond donors (Lipinski definition) is 0. The van der Waals surface area contributed by atoms with Gasteiger partial charge in [-0.2, -0.15) is 8.78 Å². The second kappa shape index (κ2) is 4.63. The zero-order valence-electron chi connectivity index (χ0n) is 10.0. The molecule has 8 heteroatoms. The normalized spacial score (nSPS) is 12.9. The molecule has 2 aromatic rings. The molecule has 0 atom stereocenters. The van der Waals surface area contributed by atoms with E-state index in [2.05, 4.69) is 10.1 Å². The molecule has 2 rings (SSSR count). The Labute approximate surface area is 111 Å². The van der Waals surface area contributed by atoms with Crippen LogP contribution in [-0.2, 0) is 5.92 Å². The summed E-state index contributed by atoms with van der Waals surface area (Å²) in [6.07, 6.45) is -3.87. The van der Waals surface area contributed by atoms with E-state index in [-0.39, 0.29) is 16.7 Å². The lowest BCUT2D eigenvalue weighted by atomic mass is 10.1. The molecule has 0 amide bonds. The summed E-state index contributed by atoms with van der Waals surface area (Å²) >= 11 is 5.88. The highest BCUT2D eigenvalue weighted by molar-refractivity contribution is 6.29. The van der Waals surface area contributed by atoms with Gasteiger partial charge in [0.05, 0.1) is 0 Å². The van der Waals surface area contributed by atoms with Crippen LogP contribution in [0.3, 0.4) is 0 Å². The minimum absolute atomic E-state index is 0.0199. The molecule has 0 aliphatic rings. The third kappa shape index (κ3) is 2.39. The second-order valence-corrected chi connectivity index (χ2v) is 4.78. The fourth-order valence-corrected chi connectivity index (χ4v) is 1.79. The van der Waals surface area contributed by atoms with Crippen molar-refractivity contribution < 1.29 is 17.6 Å². The van der Waals surface area contributed by atoms with Crippen molar-refractivity contribution >= 4 is 17.2 Å². The largest absolute Gasteiger partial charge is 0.367 e. The van der Waals surface area contributed by atoms with E-state index in [1.54, 1.807) is 0 Å². The first-order valence-corrected chi connectivity index (χ1v) is 5.84. The number of rotatable bonds is 3. The molecular weight excluding hydrogens is 286 g/mol. The van der Waals surface area contributed by atoms with Crippen LogP contribution in [-0.4, -0.2) is 21.0 Å². The summed E-state index contributed by atoms with van der Waals surface area (Å²) in [6, 6.07) is 3.03. The fraction of sp³-hybridized carbons (Fsp3) is 0.455. The Bertz CT molecular complexity index is 609. The minimum Gasteiger partial charge on any atom is -0.206 e. The first-order valence-electron chi connectivity index (χ1n) is 5.46. The average molecular weight is 296 g/mol. The Morgan fingerprint density at radius 2 is 1.89 bits per heavy atom. The molecule has 3 nitrogen and oxygen atoms in total. The van der Waals surface area contributed by atoms with Crippen molar-refractivity contribution in [3.05, 3.63) is 28.7 Å². The lowest BCUT2D eigenvalue weighted by Gasteiger charge is -2.09. The van der Waals surface area contributed by atoms with Gasteiger partial charge in [-0.25, -0.2) is 18.3 Å². The lowest BCUT2D eigenvalue weighted by Crippen LogP contribution is -2.25. The monoisotopic (exact) mass is 295 g/mol. The predicted molar refractivity (Wildman–Crippen MR) is 62.0 cm³/mol. The first kappa shape index (κ1) is 14.0. The number of alkyl halides is 4. The van der Waals surface area contributed by atoms with E-state index < -0.39 is 18.2 Å². The van der Waals surface area contributed by atoms with E-state index in [0.717, 1.165) is 10.1 Å². The highest BCUT2D eigenvalue weighted by Gasteiger charge is 2.47. The first-order chi connectivity index (χ1) is 8.73. The van der Waals surface area contributed by atoms with Crippen LogP contribution >= 0.6 is 11.6 Å². The van der Waals surface area contributed by atoms with Crippen molar-refractivity contribution in [3.8, 4) is 0 Å². The molecule has 0 saturated carbocycles. The number of aromatic nitrogens is 3. The molecule has 19 heavy (non-hydrogen) atoms. The third-order valence-corrected chi connectivity index (χ3v) is 2.92. The predicted octanol–water partition coefficient (Wildman–Crippen LogP) is 3.86. The smallest absolute Gasteiger partial charge is 0.206 e. The van der Waals surface area contributed by atoms with Crippen LogP contribution in [0.2, 0.25) is 5.15 Å². The molecule has 0 radical (unpaired) electrons. The highest BCUT2D eigenvalue weighted by Crippen LogP contribution is 2.33. The molecule has 0 fully saturated rings. The van der Waals surface area contributed by atoms with Gasteiger partial charge in [0.25, 0.3) is 0 Å². The van der Waals surface area contributed by atoms with Gasteiger partial charge in [0.2, 0.25) is 5.82 Å². The van der Waals surface area contributed by atoms with Crippen LogP contribution in [0.15, 0.2) is 12.1 Å². The van der Waals surface area contributed by atoms with Crippen LogP contribution in [0, 0.1) is 0 Å². The third-order valence-electron chi connectivity index (χ3n) is 2.65. The standard InChI is InChI=1S/C11H10ClF4N3/c1-5(2)6-3-7(12)19-8(4-6)17-10(18-19)11(15,16)9(13)14/h3-5,9H,1-2H3. The van der Waals surface area contributed by atoms with Crippen LogP contribution in [0.5, 0.6) is 0 Å². The zero-order valence-corrected chi connectivity index (χ0v) is 10.8. The average Bonchev–Trinajstić information content (AvgIpc) is 2.73. The molecule has 0 spiro atoms. The molecule has 0 N–H and O–H groups in total. The van der Waals surface area contributed by atoms with Crippen molar-refractivity contribution in [2.24, 2.45) is 0 Å². The van der Waals surface area contributed by atoms with Crippen molar-refractivity contribution in [1.29, 1.82) is 0 Å². The molecule has 2 aromatic heterocycles. The van der Waals surface area contributed by atoms with E-state index in [9.17, 15) is 17.6 Å². The van der Waals surface area contributed by atoms with Gasteiger partial charge in [0.1, 0.15) is 5.15 Å². The Balaban J connectivity index is 2.61. The van der Waals surface area contributed by atoms with Gasteiger partial charge in [0.15, 0.2) is 5.65 Å². The molecule has 0 saturated heterocycles. The Morgan fingerprint density at radius 1 is 1.26 bits per heavy atom. The molecule has 104 valence electrons. The van der Waals surface area contributed by atoms with Gasteiger partial charge in [0, 0.05) is 0 Å². The van der Waals surface area contributed by atoms with Gasteiger partial charge >= 0.3 is 12.3 Å². The van der Waals surface area contributed by atoms with Gasteiger partial charge < -0.3 is 0 Å². The molecule has 2 heterocycles. The van der Waals surface area contributed by atoms with Crippen molar-refractivity contribution in [2.45, 2.75) is 32.1 Å². The van der Waals surface area contributed by atoms with Crippen molar-refractivity contribution in [1.82, 2.24) is 14.6 Å². The molecule has 0 aliphatic heterocycles. The van der Waals surface area contributed by atoms with E-state index >= 15 is 0 Å². The van der Waals surface area contributed by atoms with Crippen molar-refractivity contribution in [2.75, 3.05) is 0 Å². The van der Waals surface area contributed by atoms with Gasteiger partial charge in [-0.15, -0.1) is 5.10 Å². The second-order valence-electron chi connectivity index (χ2n) is 4.40. The van der Waals surface area contributed by atoms with E-state index in [4.69, 9.17) is 11.6 Å². The molecule has 0 unspecified atom stereocenters. The van der Waals surface area contributed by atoms with Crippen LogP contribution in [0.25, 0.3) is 5.65 Å². The lowest BCUT2D eigenvalue weighted by molar-refractivity contribution is -0.140. The van der Waals surface area contributed by atoms with Crippen LogP contribution in [0.1, 0.15) is 31.2 Å². The maximum absolute atomic E-state index is 13.2. The highest BCUT2D eigenvalue weighted by atomic mass is 35.5. The van der Waals surface area contributed by atoms with Crippen LogP contribution in [0.4, 0.5) is 17.6 Å². The van der Waals surface area contributed by atoms with Gasteiger partial charge in [-0.3, -0.25) is 0 Å². The van der Waals surface area contributed by atoms with E-state index in [1.165, 1.54) is 12.1 Å². The summed E-state index contributed by atoms with van der Waals surface area (Å²) in [7, 11) is 0. The zero-order chi connectivity index (χ0) is 14.4. The number of hydrogen-bond acceptors (Lipinski definition) is 2. The number of pyridine rings is 1. The summed E-state index contributed by atoms with van der Waals surface area (Å²) < 4.78 is 51.8. The Hall–Kier alpha value is -1.37. The minimum atomic E-state index is -4.40. The number of nitrogens with zero attached hydrogens (tertiary/aromatic N) is 3.